The Morgan fingerprint density at radius 2 is 1.16 bits per heavy atom. The predicted molar refractivity (Wildman–Crippen MR) is 214 cm³/mol. The molecule has 5 aromatic rings. The minimum absolute atomic E-state index is 0.0447. The van der Waals surface area contributed by atoms with Crippen LogP contribution in [0.3, 0.4) is 0 Å². The summed E-state index contributed by atoms with van der Waals surface area (Å²) in [5, 5.41) is 2.31. The molecule has 0 N–H and O–H groups in total. The lowest BCUT2D eigenvalue weighted by Gasteiger charge is -2.37. The van der Waals surface area contributed by atoms with E-state index in [4.69, 9.17) is 37.9 Å². The van der Waals surface area contributed by atoms with Crippen LogP contribution < -0.4 is 0 Å². The first-order chi connectivity index (χ1) is 27.4. The molecule has 2 aliphatic heterocycles. The fraction of sp³-hybridized carbons (Fsp3) is 0.404. The van der Waals surface area contributed by atoms with Gasteiger partial charge in [0.15, 0.2) is 18.2 Å². The Morgan fingerprint density at radius 1 is 0.625 bits per heavy atom. The topological polar surface area (TPSA) is 73.8 Å². The summed E-state index contributed by atoms with van der Waals surface area (Å²) in [6.45, 7) is 9.13. The van der Waals surface area contributed by atoms with Gasteiger partial charge in [0.1, 0.15) is 30.5 Å². The van der Waals surface area contributed by atoms with E-state index in [-0.39, 0.29) is 33.0 Å². The van der Waals surface area contributed by atoms with E-state index in [1.165, 1.54) is 5.39 Å². The van der Waals surface area contributed by atoms with Crippen molar-refractivity contribution in [2.45, 2.75) is 103 Å². The molecule has 7 atom stereocenters. The van der Waals surface area contributed by atoms with E-state index >= 15 is 4.39 Å². The summed E-state index contributed by atoms with van der Waals surface area (Å²) in [5.41, 5.74) is 4.00. The van der Waals surface area contributed by atoms with E-state index in [1.807, 2.05) is 117 Å². The molecule has 0 spiro atoms. The SMILES string of the molecule is CC.CC1(C)OCC2OC(OCC(OCc3ccccc3)C(OCc3ccccc3)C(COCc3ccc4ccccc4c3)OCc3ccccc3)C(F)C2O1. The average Bonchev–Trinajstić information content (AvgIpc) is 3.54. The first-order valence-corrected chi connectivity index (χ1v) is 19.7. The molecule has 7 rings (SSSR count). The third-order valence-corrected chi connectivity index (χ3v) is 9.69. The van der Waals surface area contributed by atoms with Crippen LogP contribution >= 0.6 is 0 Å². The van der Waals surface area contributed by atoms with Crippen LogP contribution in [-0.2, 0) is 64.3 Å². The minimum atomic E-state index is -1.52. The number of alkyl halides is 1. The summed E-state index contributed by atoms with van der Waals surface area (Å²) in [5.74, 6) is -0.919. The van der Waals surface area contributed by atoms with Crippen molar-refractivity contribution in [2.24, 2.45) is 0 Å². The van der Waals surface area contributed by atoms with E-state index in [0.29, 0.717) is 13.2 Å². The molecule has 2 heterocycles. The zero-order valence-corrected chi connectivity index (χ0v) is 32.8. The molecular formula is C47H55FO8. The molecule has 0 amide bonds. The van der Waals surface area contributed by atoms with Crippen LogP contribution in [-0.4, -0.2) is 68.6 Å². The summed E-state index contributed by atoms with van der Waals surface area (Å²) in [6, 6.07) is 44.4. The number of ether oxygens (including phenoxy) is 8. The number of fused-ring (bicyclic) bond motifs is 2. The third-order valence-electron chi connectivity index (χ3n) is 9.69. The molecule has 2 fully saturated rings. The lowest BCUT2D eigenvalue weighted by Crippen LogP contribution is -2.49. The summed E-state index contributed by atoms with van der Waals surface area (Å²) < 4.78 is 66.3. The highest BCUT2D eigenvalue weighted by molar-refractivity contribution is 5.82. The first-order valence-electron chi connectivity index (χ1n) is 19.7. The monoisotopic (exact) mass is 766 g/mol. The maximum atomic E-state index is 15.9. The third kappa shape index (κ3) is 11.8. The fourth-order valence-electron chi connectivity index (χ4n) is 6.80. The van der Waals surface area contributed by atoms with Gasteiger partial charge in [-0.3, -0.25) is 0 Å². The van der Waals surface area contributed by atoms with Gasteiger partial charge in [0.25, 0.3) is 0 Å². The number of hydrogen-bond acceptors (Lipinski definition) is 8. The Kier molecular flexibility index (Phi) is 15.6. The molecule has 5 aromatic carbocycles. The zero-order chi connectivity index (χ0) is 39.2. The number of halogens is 1. The second kappa shape index (κ2) is 20.9. The maximum Gasteiger partial charge on any atom is 0.192 e. The highest BCUT2D eigenvalue weighted by atomic mass is 19.1. The molecule has 56 heavy (non-hydrogen) atoms. The summed E-state index contributed by atoms with van der Waals surface area (Å²) in [6.07, 6.45) is -6.12. The van der Waals surface area contributed by atoms with E-state index in [2.05, 4.69) is 30.3 Å². The van der Waals surface area contributed by atoms with Gasteiger partial charge in [-0.25, -0.2) is 4.39 Å². The summed E-state index contributed by atoms with van der Waals surface area (Å²) >= 11 is 0. The van der Waals surface area contributed by atoms with Crippen LogP contribution in [0.1, 0.15) is 49.9 Å². The number of hydrogen-bond donors (Lipinski definition) is 0. The Bertz CT molecular complexity index is 1860. The maximum absolute atomic E-state index is 15.9. The van der Waals surface area contributed by atoms with Crippen LogP contribution in [0.15, 0.2) is 133 Å². The highest BCUT2D eigenvalue weighted by Gasteiger charge is 2.52. The van der Waals surface area contributed by atoms with Crippen molar-refractivity contribution in [3.8, 4) is 0 Å². The number of benzene rings is 5. The quantitative estimate of drug-likeness (QED) is 0.0874. The lowest BCUT2D eigenvalue weighted by atomic mass is 10.1. The second-order valence-electron chi connectivity index (χ2n) is 14.2. The van der Waals surface area contributed by atoms with Gasteiger partial charge in [0.05, 0.1) is 46.2 Å². The van der Waals surface area contributed by atoms with E-state index in [9.17, 15) is 0 Å². The molecular weight excluding hydrogens is 712 g/mol. The minimum Gasteiger partial charge on any atom is -0.374 e. The van der Waals surface area contributed by atoms with Crippen molar-refractivity contribution in [3.05, 3.63) is 156 Å². The molecule has 0 radical (unpaired) electrons. The fourth-order valence-corrected chi connectivity index (χ4v) is 6.80. The molecule has 9 heteroatoms. The zero-order valence-electron chi connectivity index (χ0n) is 32.8. The molecule has 2 saturated heterocycles. The van der Waals surface area contributed by atoms with Gasteiger partial charge in [-0.2, -0.15) is 0 Å². The summed E-state index contributed by atoms with van der Waals surface area (Å²) in [7, 11) is 0. The highest BCUT2D eigenvalue weighted by Crippen LogP contribution is 2.35. The van der Waals surface area contributed by atoms with Crippen molar-refractivity contribution < 1.29 is 42.3 Å². The van der Waals surface area contributed by atoms with E-state index in [1.54, 1.807) is 13.8 Å². The molecule has 0 saturated carbocycles. The average molecular weight is 767 g/mol. The Hall–Kier alpha value is -4.03. The molecule has 7 unspecified atom stereocenters. The normalized spacial score (nSPS) is 21.7. The molecule has 2 aliphatic rings. The van der Waals surface area contributed by atoms with E-state index in [0.717, 1.165) is 27.6 Å². The van der Waals surface area contributed by atoms with Gasteiger partial charge in [-0.15, -0.1) is 0 Å². The lowest BCUT2D eigenvalue weighted by molar-refractivity contribution is -0.299. The van der Waals surface area contributed by atoms with Crippen LogP contribution in [0.4, 0.5) is 4.39 Å². The van der Waals surface area contributed by atoms with Gasteiger partial charge >= 0.3 is 0 Å². The van der Waals surface area contributed by atoms with Crippen molar-refractivity contribution >= 4 is 10.8 Å². The Morgan fingerprint density at radius 3 is 1.77 bits per heavy atom. The van der Waals surface area contributed by atoms with Gasteiger partial charge in [0, 0.05) is 0 Å². The predicted octanol–water partition coefficient (Wildman–Crippen LogP) is 9.37. The molecule has 0 aliphatic carbocycles. The standard InChI is InChI=1S/C45H49FO8.C2H6/c1-45(2)52-31-40-43(54-45)41(46)44(53-40)51-30-39(49-27-33-16-8-4-9-17-33)42(50-28-34-18-10-5-11-19-34)38(48-26-32-14-6-3-7-15-32)29-47-25-35-22-23-36-20-12-13-21-37(36)24-35;1-2/h3-24,38-44H,25-31H2,1-2H3;1-2H3. The van der Waals surface area contributed by atoms with Crippen molar-refractivity contribution in [1.29, 1.82) is 0 Å². The Balaban J connectivity index is 0.00000262. The molecule has 298 valence electrons. The smallest absolute Gasteiger partial charge is 0.192 e. The van der Waals surface area contributed by atoms with Gasteiger partial charge < -0.3 is 37.9 Å². The van der Waals surface area contributed by atoms with Crippen LogP contribution in [0.2, 0.25) is 0 Å². The largest absolute Gasteiger partial charge is 0.374 e. The summed E-state index contributed by atoms with van der Waals surface area (Å²) in [4.78, 5) is 0. The van der Waals surface area contributed by atoms with Crippen LogP contribution in [0, 0.1) is 0 Å². The van der Waals surface area contributed by atoms with Gasteiger partial charge in [0.2, 0.25) is 0 Å². The molecule has 0 bridgehead atoms. The van der Waals surface area contributed by atoms with Crippen molar-refractivity contribution in [2.75, 3.05) is 19.8 Å². The van der Waals surface area contributed by atoms with Crippen LogP contribution in [0.25, 0.3) is 10.8 Å². The van der Waals surface area contributed by atoms with E-state index < -0.39 is 48.8 Å². The van der Waals surface area contributed by atoms with Crippen molar-refractivity contribution in [1.82, 2.24) is 0 Å². The van der Waals surface area contributed by atoms with Crippen molar-refractivity contribution in [3.63, 3.8) is 0 Å². The number of rotatable bonds is 18. The first kappa shape index (κ1) is 41.6. The molecule has 8 nitrogen and oxygen atoms in total. The molecule has 0 aromatic heterocycles. The van der Waals surface area contributed by atoms with Crippen LogP contribution in [0.5, 0.6) is 0 Å². The Labute approximate surface area is 330 Å². The van der Waals surface area contributed by atoms with Gasteiger partial charge in [-0.1, -0.05) is 141 Å². The van der Waals surface area contributed by atoms with Gasteiger partial charge in [-0.05, 0) is 52.9 Å². The second-order valence-corrected chi connectivity index (χ2v) is 14.2.